The molecule has 54 valence electrons. The summed E-state index contributed by atoms with van der Waals surface area (Å²) in [6.45, 7) is 0. The molecule has 0 spiro atoms. The van der Waals surface area contributed by atoms with Crippen molar-refractivity contribution in [1.29, 1.82) is 0 Å². The zero-order chi connectivity index (χ0) is 7.54. The molecular weight excluding hydrogens is 184 g/mol. The van der Waals surface area contributed by atoms with Crippen LogP contribution in [-0.2, 0) is 9.53 Å². The Bertz CT molecular complexity index is 71.5. The van der Waals surface area contributed by atoms with Crippen molar-refractivity contribution in [2.75, 3.05) is 19.5 Å². The van der Waals surface area contributed by atoms with Gasteiger partial charge in [-0.25, -0.2) is 0 Å². The second-order valence-corrected chi connectivity index (χ2v) is 1.77. The van der Waals surface area contributed by atoms with Gasteiger partial charge in [0.05, 0.1) is 0 Å². The number of rotatable bonds is 2. The highest BCUT2D eigenvalue weighted by atomic mass is 79.9. The van der Waals surface area contributed by atoms with Crippen LogP contribution >= 0.6 is 15.9 Å². The fraction of sp³-hybridized carbons (Fsp3) is 0.500. The van der Waals surface area contributed by atoms with Crippen LogP contribution in [0.5, 0.6) is 0 Å². The Hall–Kier alpha value is -0.150. The summed E-state index contributed by atoms with van der Waals surface area (Å²) in [7, 11) is 3.25. The second kappa shape index (κ2) is 15.7. The van der Waals surface area contributed by atoms with Gasteiger partial charge in [0.25, 0.3) is 0 Å². The summed E-state index contributed by atoms with van der Waals surface area (Å²) < 4.78 is 4.25. The van der Waals surface area contributed by atoms with Crippen LogP contribution in [0.4, 0.5) is 0 Å². The number of aldehydes is 1. The maximum absolute atomic E-state index is 9.46. The van der Waals surface area contributed by atoms with Gasteiger partial charge in [0.15, 0.2) is 0 Å². The van der Waals surface area contributed by atoms with Crippen LogP contribution < -0.4 is 0 Å². The Morgan fingerprint density at radius 3 is 2.11 bits per heavy atom. The molecule has 0 aliphatic rings. The molecule has 0 atom stereocenters. The Labute approximate surface area is 64.0 Å². The molecule has 0 saturated carbocycles. The molecular formula is C6H11BrO2. The summed E-state index contributed by atoms with van der Waals surface area (Å²) >= 11 is 3.10. The van der Waals surface area contributed by atoms with E-state index < -0.39 is 0 Å². The third-order valence-corrected chi connectivity index (χ3v) is 0.678. The summed E-state index contributed by atoms with van der Waals surface area (Å²) in [6, 6.07) is 0. The first-order chi connectivity index (χ1) is 4.33. The number of carbonyl (C=O) groups is 1. The number of allylic oxidation sites excluding steroid dienone is 2. The first kappa shape index (κ1) is 11.6. The predicted octanol–water partition coefficient (Wildman–Crippen LogP) is 1.40. The summed E-state index contributed by atoms with van der Waals surface area (Å²) in [5.41, 5.74) is 0. The molecule has 0 radical (unpaired) electrons. The number of halogens is 1. The number of ether oxygens (including phenoxy) is 1. The molecule has 0 aliphatic heterocycles. The first-order valence-electron chi connectivity index (χ1n) is 2.39. The fourth-order valence-corrected chi connectivity index (χ4v) is 0.323. The monoisotopic (exact) mass is 194 g/mol. The van der Waals surface area contributed by atoms with Gasteiger partial charge in [-0.2, -0.15) is 0 Å². The molecule has 0 N–H and O–H groups in total. The van der Waals surface area contributed by atoms with Crippen molar-refractivity contribution in [3.63, 3.8) is 0 Å². The van der Waals surface area contributed by atoms with Crippen molar-refractivity contribution < 1.29 is 9.53 Å². The Morgan fingerprint density at radius 2 is 2.00 bits per heavy atom. The third-order valence-electron chi connectivity index (χ3n) is 0.304. The molecule has 0 aromatic carbocycles. The van der Waals surface area contributed by atoms with Crippen molar-refractivity contribution in [2.45, 2.75) is 0 Å². The molecule has 3 heteroatoms. The Balaban J connectivity index is 0. The lowest BCUT2D eigenvalue weighted by molar-refractivity contribution is -0.104. The lowest BCUT2D eigenvalue weighted by Gasteiger charge is -1.63. The molecule has 0 aromatic rings. The van der Waals surface area contributed by atoms with Crippen LogP contribution in [0.15, 0.2) is 12.2 Å². The van der Waals surface area contributed by atoms with Gasteiger partial charge in [0.2, 0.25) is 0 Å². The van der Waals surface area contributed by atoms with Crippen molar-refractivity contribution in [3.8, 4) is 0 Å². The quantitative estimate of drug-likeness (QED) is 0.378. The molecule has 0 bridgehead atoms. The molecule has 0 aromatic heterocycles. The number of methoxy groups -OCH3 is 1. The fourth-order valence-electron chi connectivity index (χ4n) is 0.107. The van der Waals surface area contributed by atoms with Gasteiger partial charge in [-0.3, -0.25) is 4.79 Å². The van der Waals surface area contributed by atoms with E-state index in [1.54, 1.807) is 20.3 Å². The van der Waals surface area contributed by atoms with Gasteiger partial charge < -0.3 is 4.74 Å². The third kappa shape index (κ3) is 33.1. The molecule has 0 amide bonds. The van der Waals surface area contributed by atoms with Gasteiger partial charge >= 0.3 is 0 Å². The molecule has 0 rings (SSSR count). The minimum atomic E-state index is 0.751. The SMILES string of the molecule is COC.O=C/C=C/CBr. The smallest absolute Gasteiger partial charge is 0.142 e. The summed E-state index contributed by atoms with van der Waals surface area (Å²) in [5.74, 6) is 0. The number of hydrogen-bond donors (Lipinski definition) is 0. The van der Waals surface area contributed by atoms with E-state index in [1.165, 1.54) is 6.08 Å². The van der Waals surface area contributed by atoms with Crippen LogP contribution in [0, 0.1) is 0 Å². The number of hydrogen-bond acceptors (Lipinski definition) is 2. The Morgan fingerprint density at radius 1 is 1.56 bits per heavy atom. The molecule has 0 unspecified atom stereocenters. The minimum absolute atomic E-state index is 0.751. The average Bonchev–Trinajstić information content (AvgIpc) is 1.86. The van der Waals surface area contributed by atoms with Crippen LogP contribution in [0.3, 0.4) is 0 Å². The van der Waals surface area contributed by atoms with Gasteiger partial charge in [-0.15, -0.1) is 0 Å². The van der Waals surface area contributed by atoms with E-state index in [1.807, 2.05) is 0 Å². The van der Waals surface area contributed by atoms with Gasteiger partial charge in [-0.05, 0) is 6.08 Å². The van der Waals surface area contributed by atoms with Gasteiger partial charge in [0.1, 0.15) is 6.29 Å². The molecule has 0 heterocycles. The number of carbonyl (C=O) groups excluding carboxylic acids is 1. The highest BCUT2D eigenvalue weighted by molar-refractivity contribution is 9.09. The zero-order valence-corrected chi connectivity index (χ0v) is 7.22. The van der Waals surface area contributed by atoms with Gasteiger partial charge in [0, 0.05) is 19.5 Å². The van der Waals surface area contributed by atoms with E-state index in [0.29, 0.717) is 0 Å². The first-order valence-corrected chi connectivity index (χ1v) is 3.52. The van der Waals surface area contributed by atoms with E-state index in [-0.39, 0.29) is 0 Å². The van der Waals surface area contributed by atoms with Crippen molar-refractivity contribution >= 4 is 22.2 Å². The van der Waals surface area contributed by atoms with Crippen molar-refractivity contribution in [3.05, 3.63) is 12.2 Å². The maximum Gasteiger partial charge on any atom is 0.142 e. The van der Waals surface area contributed by atoms with Crippen LogP contribution in [0.25, 0.3) is 0 Å². The zero-order valence-electron chi connectivity index (χ0n) is 5.63. The summed E-state index contributed by atoms with van der Waals surface area (Å²) in [6.07, 6.45) is 3.93. The predicted molar refractivity (Wildman–Crippen MR) is 41.9 cm³/mol. The Kier molecular flexibility index (Phi) is 20.2. The van der Waals surface area contributed by atoms with Gasteiger partial charge in [-0.1, -0.05) is 22.0 Å². The van der Waals surface area contributed by atoms with Crippen LogP contribution in [0.2, 0.25) is 0 Å². The van der Waals surface area contributed by atoms with E-state index in [9.17, 15) is 4.79 Å². The normalized spacial score (nSPS) is 8.33. The maximum atomic E-state index is 9.46. The second-order valence-electron chi connectivity index (χ2n) is 1.13. The molecule has 0 aliphatic carbocycles. The highest BCUT2D eigenvalue weighted by Gasteiger charge is 1.60. The summed E-state index contributed by atoms with van der Waals surface area (Å²) in [4.78, 5) is 9.46. The molecule has 2 nitrogen and oxygen atoms in total. The average molecular weight is 195 g/mol. The summed E-state index contributed by atoms with van der Waals surface area (Å²) in [5, 5.41) is 0.756. The van der Waals surface area contributed by atoms with E-state index >= 15 is 0 Å². The van der Waals surface area contributed by atoms with Crippen LogP contribution in [0.1, 0.15) is 0 Å². The highest BCUT2D eigenvalue weighted by Crippen LogP contribution is 1.77. The largest absolute Gasteiger partial charge is 0.388 e. The van der Waals surface area contributed by atoms with E-state index in [4.69, 9.17) is 0 Å². The minimum Gasteiger partial charge on any atom is -0.388 e. The van der Waals surface area contributed by atoms with Crippen molar-refractivity contribution in [2.24, 2.45) is 0 Å². The van der Waals surface area contributed by atoms with Crippen molar-refractivity contribution in [1.82, 2.24) is 0 Å². The van der Waals surface area contributed by atoms with E-state index in [2.05, 4.69) is 20.7 Å². The molecule has 9 heavy (non-hydrogen) atoms. The standard InChI is InChI=1S/C4H5BrO.C2H6O/c5-3-1-2-4-6;1-3-2/h1-2,4H,3H2;1-2H3/b2-1+;. The molecule has 0 fully saturated rings. The topological polar surface area (TPSA) is 26.3 Å². The number of alkyl halides is 1. The van der Waals surface area contributed by atoms with E-state index in [0.717, 1.165) is 11.6 Å². The van der Waals surface area contributed by atoms with Crippen LogP contribution in [-0.4, -0.2) is 25.8 Å². The lowest BCUT2D eigenvalue weighted by atomic mass is 10.6. The molecule has 0 saturated heterocycles. The lowest BCUT2D eigenvalue weighted by Crippen LogP contribution is -1.59.